The Bertz CT molecular complexity index is 673. The Hall–Kier alpha value is -1.94. The molecule has 0 aromatic carbocycles. The second kappa shape index (κ2) is 5.80. The number of hydrogen-bond donors (Lipinski definition) is 0. The molecule has 0 fully saturated rings. The van der Waals surface area contributed by atoms with Gasteiger partial charge in [0.25, 0.3) is 0 Å². The summed E-state index contributed by atoms with van der Waals surface area (Å²) in [4.78, 5) is 4.37. The first kappa shape index (κ1) is 13.5. The molecular formula is C14H15ClN4. The van der Waals surface area contributed by atoms with E-state index in [0.717, 1.165) is 22.4 Å². The molecule has 3 aromatic rings. The Kier molecular flexibility index (Phi) is 4.12. The lowest BCUT2D eigenvalue weighted by Gasteiger charge is -2.04. The third-order valence-electron chi connectivity index (χ3n) is 2.56. The lowest BCUT2D eigenvalue weighted by atomic mass is 10.3. The normalized spacial score (nSPS) is 10.1. The smallest absolute Gasteiger partial charge is 0.153 e. The zero-order chi connectivity index (χ0) is 13.8. The first-order valence-electron chi connectivity index (χ1n) is 6.17. The van der Waals surface area contributed by atoms with Crippen molar-refractivity contribution in [2.45, 2.75) is 20.8 Å². The van der Waals surface area contributed by atoms with Gasteiger partial charge in [-0.25, -0.2) is 4.98 Å². The topological polar surface area (TPSA) is 43.6 Å². The molecule has 3 heterocycles. The van der Waals surface area contributed by atoms with E-state index in [0.29, 0.717) is 5.15 Å². The van der Waals surface area contributed by atoms with E-state index < -0.39 is 0 Å². The molecule has 0 bridgehead atoms. The Balaban J connectivity index is 0.000000637. The number of fused-ring (bicyclic) bond motifs is 1. The molecule has 3 rings (SSSR count). The fraction of sp³-hybridized carbons (Fsp3) is 0.214. The molecule has 19 heavy (non-hydrogen) atoms. The second-order valence-electron chi connectivity index (χ2n) is 3.82. The summed E-state index contributed by atoms with van der Waals surface area (Å²) in [5.74, 6) is 0.842. The van der Waals surface area contributed by atoms with Gasteiger partial charge in [-0.05, 0) is 24.6 Å². The maximum Gasteiger partial charge on any atom is 0.153 e. The third kappa shape index (κ3) is 2.74. The Morgan fingerprint density at radius 2 is 1.89 bits per heavy atom. The van der Waals surface area contributed by atoms with Gasteiger partial charge >= 0.3 is 0 Å². The third-order valence-corrected chi connectivity index (χ3v) is 2.74. The number of rotatable bonds is 1. The molecule has 0 atom stereocenters. The number of pyridine rings is 1. The molecule has 0 aliphatic heterocycles. The van der Waals surface area contributed by atoms with E-state index in [1.165, 1.54) is 0 Å². The summed E-state index contributed by atoms with van der Waals surface area (Å²) in [6.07, 6.45) is 3.74. The van der Waals surface area contributed by atoms with E-state index in [2.05, 4.69) is 15.2 Å². The Morgan fingerprint density at radius 3 is 2.58 bits per heavy atom. The van der Waals surface area contributed by atoms with Crippen LogP contribution >= 0.6 is 11.6 Å². The lowest BCUT2D eigenvalue weighted by molar-refractivity contribution is 1.02. The monoisotopic (exact) mass is 274 g/mol. The first-order valence-corrected chi connectivity index (χ1v) is 6.55. The molecule has 0 aliphatic carbocycles. The van der Waals surface area contributed by atoms with Gasteiger partial charge in [-0.2, -0.15) is 0 Å². The van der Waals surface area contributed by atoms with Crippen LogP contribution in [-0.2, 0) is 0 Å². The van der Waals surface area contributed by atoms with Gasteiger partial charge in [-0.15, -0.1) is 10.2 Å². The molecule has 4 nitrogen and oxygen atoms in total. The molecule has 0 unspecified atom stereocenters. The fourth-order valence-corrected chi connectivity index (χ4v) is 1.85. The van der Waals surface area contributed by atoms with Gasteiger partial charge in [-0.3, -0.25) is 4.57 Å². The average molecular weight is 275 g/mol. The molecule has 0 aliphatic rings. The van der Waals surface area contributed by atoms with Crippen LogP contribution in [0.25, 0.3) is 16.9 Å². The van der Waals surface area contributed by atoms with Crippen molar-refractivity contribution in [1.29, 1.82) is 0 Å². The standard InChI is InChI=1S/C12H9ClN4.C2H6/c1-8-2-3-12(14-7-8)17-5-4-9-10(17)6-11(13)16-15-9;1-2/h2-7H,1H3;1-2H3. The van der Waals surface area contributed by atoms with E-state index in [-0.39, 0.29) is 0 Å². The van der Waals surface area contributed by atoms with E-state index in [1.807, 2.05) is 55.9 Å². The maximum atomic E-state index is 5.85. The molecule has 0 spiro atoms. The minimum atomic E-state index is 0.379. The highest BCUT2D eigenvalue weighted by molar-refractivity contribution is 6.29. The lowest BCUT2D eigenvalue weighted by Crippen LogP contribution is -1.96. The predicted octanol–water partition coefficient (Wildman–Crippen LogP) is 3.80. The number of hydrogen-bond acceptors (Lipinski definition) is 3. The van der Waals surface area contributed by atoms with Crippen LogP contribution in [0.2, 0.25) is 5.15 Å². The van der Waals surface area contributed by atoms with Crippen molar-refractivity contribution in [1.82, 2.24) is 19.7 Å². The summed E-state index contributed by atoms with van der Waals surface area (Å²) in [6.45, 7) is 6.01. The number of aromatic nitrogens is 4. The molecule has 0 saturated carbocycles. The first-order chi connectivity index (χ1) is 9.24. The molecule has 5 heteroatoms. The van der Waals surface area contributed by atoms with E-state index in [4.69, 9.17) is 11.6 Å². The zero-order valence-corrected chi connectivity index (χ0v) is 11.9. The van der Waals surface area contributed by atoms with Gasteiger partial charge in [0.1, 0.15) is 11.3 Å². The van der Waals surface area contributed by atoms with Crippen molar-refractivity contribution >= 4 is 22.6 Å². The van der Waals surface area contributed by atoms with Crippen LogP contribution in [-0.4, -0.2) is 19.7 Å². The van der Waals surface area contributed by atoms with Crippen molar-refractivity contribution in [2.75, 3.05) is 0 Å². The van der Waals surface area contributed by atoms with Crippen LogP contribution < -0.4 is 0 Å². The van der Waals surface area contributed by atoms with Crippen molar-refractivity contribution in [3.63, 3.8) is 0 Å². The van der Waals surface area contributed by atoms with E-state index in [9.17, 15) is 0 Å². The van der Waals surface area contributed by atoms with Crippen molar-refractivity contribution in [2.24, 2.45) is 0 Å². The van der Waals surface area contributed by atoms with E-state index >= 15 is 0 Å². The highest BCUT2D eigenvalue weighted by Gasteiger charge is 2.06. The summed E-state index contributed by atoms with van der Waals surface area (Å²) < 4.78 is 1.94. The van der Waals surface area contributed by atoms with E-state index in [1.54, 1.807) is 6.07 Å². The quantitative estimate of drug-likeness (QED) is 0.678. The van der Waals surface area contributed by atoms with Crippen molar-refractivity contribution in [3.05, 3.63) is 47.4 Å². The van der Waals surface area contributed by atoms with Crippen LogP contribution in [0.1, 0.15) is 19.4 Å². The van der Waals surface area contributed by atoms with Gasteiger partial charge in [0.05, 0.1) is 5.52 Å². The highest BCUT2D eigenvalue weighted by Crippen LogP contribution is 2.19. The molecule has 3 aromatic heterocycles. The van der Waals surface area contributed by atoms with Gasteiger partial charge in [0.15, 0.2) is 5.15 Å². The van der Waals surface area contributed by atoms with Gasteiger partial charge in [-0.1, -0.05) is 31.5 Å². The number of nitrogens with zero attached hydrogens (tertiary/aromatic N) is 4. The van der Waals surface area contributed by atoms with Gasteiger partial charge in [0, 0.05) is 18.5 Å². The Labute approximate surface area is 117 Å². The summed E-state index contributed by atoms with van der Waals surface area (Å²) in [7, 11) is 0. The Morgan fingerprint density at radius 1 is 1.11 bits per heavy atom. The second-order valence-corrected chi connectivity index (χ2v) is 4.20. The number of halogens is 1. The molecule has 0 saturated heterocycles. The van der Waals surface area contributed by atoms with Gasteiger partial charge in [0.2, 0.25) is 0 Å². The van der Waals surface area contributed by atoms with Crippen molar-refractivity contribution in [3.8, 4) is 5.82 Å². The van der Waals surface area contributed by atoms with Gasteiger partial charge < -0.3 is 0 Å². The minimum absolute atomic E-state index is 0.379. The molecular weight excluding hydrogens is 260 g/mol. The highest BCUT2D eigenvalue weighted by atomic mass is 35.5. The fourth-order valence-electron chi connectivity index (χ4n) is 1.71. The summed E-state index contributed by atoms with van der Waals surface area (Å²) in [5.41, 5.74) is 2.83. The van der Waals surface area contributed by atoms with Crippen LogP contribution in [0, 0.1) is 6.92 Å². The number of aryl methyl sites for hydroxylation is 1. The molecule has 98 valence electrons. The summed E-state index contributed by atoms with van der Waals surface area (Å²) >= 11 is 5.85. The molecule has 0 radical (unpaired) electrons. The minimum Gasteiger partial charge on any atom is -0.299 e. The summed E-state index contributed by atoms with van der Waals surface area (Å²) in [5, 5.41) is 8.20. The maximum absolute atomic E-state index is 5.85. The van der Waals surface area contributed by atoms with Crippen LogP contribution in [0.15, 0.2) is 36.7 Å². The van der Waals surface area contributed by atoms with Crippen LogP contribution in [0.3, 0.4) is 0 Å². The van der Waals surface area contributed by atoms with Crippen LogP contribution in [0.5, 0.6) is 0 Å². The molecule has 0 N–H and O–H groups in total. The molecule has 0 amide bonds. The van der Waals surface area contributed by atoms with Crippen LogP contribution in [0.4, 0.5) is 0 Å². The summed E-state index contributed by atoms with van der Waals surface area (Å²) in [6, 6.07) is 7.65. The zero-order valence-electron chi connectivity index (χ0n) is 11.1. The average Bonchev–Trinajstić information content (AvgIpc) is 2.85. The SMILES string of the molecule is CC.Cc1ccc(-n2ccc3nnc(Cl)cc32)nc1. The van der Waals surface area contributed by atoms with Crippen molar-refractivity contribution < 1.29 is 0 Å². The predicted molar refractivity (Wildman–Crippen MR) is 77.8 cm³/mol. The largest absolute Gasteiger partial charge is 0.299 e.